The lowest BCUT2D eigenvalue weighted by atomic mass is 10.1. The average molecular weight is 537 g/mol. The third-order valence-electron chi connectivity index (χ3n) is 6.02. The van der Waals surface area contributed by atoms with Gasteiger partial charge < -0.3 is 19.5 Å². The van der Waals surface area contributed by atoms with Gasteiger partial charge in [0.1, 0.15) is 17.1 Å². The van der Waals surface area contributed by atoms with E-state index in [9.17, 15) is 9.59 Å². The van der Waals surface area contributed by atoms with E-state index in [1.807, 2.05) is 88.4 Å². The number of halogens is 1. The fourth-order valence-corrected chi connectivity index (χ4v) is 4.39. The summed E-state index contributed by atoms with van der Waals surface area (Å²) in [5.74, 6) is -0.815. The van der Waals surface area contributed by atoms with Crippen molar-refractivity contribution in [3.8, 4) is 11.5 Å². The molecular formula is C30H33ClN2O5. The Morgan fingerprint density at radius 1 is 1.05 bits per heavy atom. The van der Waals surface area contributed by atoms with E-state index in [1.165, 1.54) is 0 Å². The van der Waals surface area contributed by atoms with Crippen LogP contribution in [0.4, 0.5) is 10.5 Å². The molecule has 0 radical (unpaired) electrons. The highest BCUT2D eigenvalue weighted by atomic mass is 35.5. The number of anilines is 1. The first-order valence-corrected chi connectivity index (χ1v) is 13.1. The molecule has 0 aromatic heterocycles. The number of ether oxygens (including phenoxy) is 3. The highest BCUT2D eigenvalue weighted by Gasteiger charge is 2.50. The highest BCUT2D eigenvalue weighted by molar-refractivity contribution is 6.31. The average Bonchev–Trinajstić information content (AvgIpc) is 2.87. The van der Waals surface area contributed by atoms with E-state index in [2.05, 4.69) is 5.32 Å². The van der Waals surface area contributed by atoms with Gasteiger partial charge in [-0.1, -0.05) is 61.0 Å². The second kappa shape index (κ2) is 11.4. The molecule has 0 spiro atoms. The standard InChI is InChI=1S/C30H33ClN2O5/c1-5-30(36-23-13-10-11-21(19-23)17-18-32-28(35)38-29(2,3)4)27(34)33(20-22-12-6-7-14-24(22)31)25-15-8-9-16-26(25)37-30/h6-16,19H,5,17-18,20H2,1-4H3,(H,32,35). The zero-order valence-corrected chi connectivity index (χ0v) is 22.9. The fourth-order valence-electron chi connectivity index (χ4n) is 4.19. The lowest BCUT2D eigenvalue weighted by molar-refractivity contribution is -0.167. The Morgan fingerprint density at radius 2 is 1.79 bits per heavy atom. The number of benzene rings is 3. The molecule has 4 rings (SSSR count). The predicted octanol–water partition coefficient (Wildman–Crippen LogP) is 6.52. The molecule has 3 aromatic carbocycles. The van der Waals surface area contributed by atoms with Crippen LogP contribution in [0.2, 0.25) is 5.02 Å². The van der Waals surface area contributed by atoms with Gasteiger partial charge in [-0.2, -0.15) is 0 Å². The van der Waals surface area contributed by atoms with E-state index in [4.69, 9.17) is 25.8 Å². The second-order valence-corrected chi connectivity index (χ2v) is 10.5. The van der Waals surface area contributed by atoms with Crippen molar-refractivity contribution >= 4 is 29.3 Å². The summed E-state index contributed by atoms with van der Waals surface area (Å²) in [5, 5.41) is 3.34. The van der Waals surface area contributed by atoms with Crippen LogP contribution in [0.3, 0.4) is 0 Å². The molecule has 2 amide bonds. The van der Waals surface area contributed by atoms with Crippen LogP contribution in [0.25, 0.3) is 0 Å². The summed E-state index contributed by atoms with van der Waals surface area (Å²) in [6.07, 6.45) is 0.378. The van der Waals surface area contributed by atoms with Crippen LogP contribution >= 0.6 is 11.6 Å². The number of carbonyl (C=O) groups is 2. The summed E-state index contributed by atoms with van der Waals surface area (Å²) in [7, 11) is 0. The SMILES string of the molecule is CCC1(Oc2cccc(CCNC(=O)OC(C)(C)C)c2)Oc2ccccc2N(Cc2ccccc2Cl)C1=O. The van der Waals surface area contributed by atoms with Crippen molar-refractivity contribution in [2.75, 3.05) is 11.4 Å². The monoisotopic (exact) mass is 536 g/mol. The molecule has 200 valence electrons. The third kappa shape index (κ3) is 6.40. The lowest BCUT2D eigenvalue weighted by Gasteiger charge is -2.41. The number of hydrogen-bond acceptors (Lipinski definition) is 5. The molecule has 1 aliphatic heterocycles. The smallest absolute Gasteiger partial charge is 0.407 e. The quantitative estimate of drug-likeness (QED) is 0.355. The summed E-state index contributed by atoms with van der Waals surface area (Å²) in [5.41, 5.74) is 1.86. The van der Waals surface area contributed by atoms with Crippen molar-refractivity contribution in [3.63, 3.8) is 0 Å². The number of nitrogens with one attached hydrogen (secondary N) is 1. The fraction of sp³-hybridized carbons (Fsp3) is 0.333. The van der Waals surface area contributed by atoms with Crippen LogP contribution in [0.15, 0.2) is 72.8 Å². The Hall–Kier alpha value is -3.71. The topological polar surface area (TPSA) is 77.1 Å². The van der Waals surface area contributed by atoms with Crippen LogP contribution < -0.4 is 19.7 Å². The van der Waals surface area contributed by atoms with Crippen LogP contribution in [-0.4, -0.2) is 29.9 Å². The Morgan fingerprint density at radius 3 is 2.53 bits per heavy atom. The van der Waals surface area contributed by atoms with Gasteiger partial charge in [0.05, 0.1) is 12.2 Å². The molecule has 0 aliphatic carbocycles. The summed E-state index contributed by atoms with van der Waals surface area (Å²) in [4.78, 5) is 27.6. The van der Waals surface area contributed by atoms with Gasteiger partial charge in [0.25, 0.3) is 0 Å². The van der Waals surface area contributed by atoms with E-state index < -0.39 is 17.5 Å². The molecule has 1 unspecified atom stereocenters. The lowest BCUT2D eigenvalue weighted by Crippen LogP contribution is -2.59. The Kier molecular flexibility index (Phi) is 8.17. The number of para-hydroxylation sites is 2. The van der Waals surface area contributed by atoms with Crippen molar-refractivity contribution in [2.45, 2.75) is 58.5 Å². The van der Waals surface area contributed by atoms with Crippen molar-refractivity contribution in [2.24, 2.45) is 0 Å². The zero-order chi connectivity index (χ0) is 27.3. The minimum atomic E-state index is -1.55. The summed E-state index contributed by atoms with van der Waals surface area (Å²) >= 11 is 6.43. The summed E-state index contributed by atoms with van der Waals surface area (Å²) in [6, 6.07) is 22.3. The molecule has 1 N–H and O–H groups in total. The molecule has 0 bridgehead atoms. The maximum absolute atomic E-state index is 14.0. The van der Waals surface area contributed by atoms with Crippen LogP contribution in [0, 0.1) is 0 Å². The maximum Gasteiger partial charge on any atom is 0.407 e. The number of hydrogen-bond donors (Lipinski definition) is 1. The van der Waals surface area contributed by atoms with Gasteiger partial charge in [-0.25, -0.2) is 4.79 Å². The number of fused-ring (bicyclic) bond motifs is 1. The first-order chi connectivity index (χ1) is 18.1. The van der Waals surface area contributed by atoms with Gasteiger partial charge in [0, 0.05) is 18.0 Å². The summed E-state index contributed by atoms with van der Waals surface area (Å²) in [6.45, 7) is 7.98. The Balaban J connectivity index is 1.54. The zero-order valence-electron chi connectivity index (χ0n) is 22.1. The molecule has 1 heterocycles. The third-order valence-corrected chi connectivity index (χ3v) is 6.39. The molecule has 0 fully saturated rings. The molecule has 8 heteroatoms. The van der Waals surface area contributed by atoms with Crippen molar-refractivity contribution in [3.05, 3.63) is 88.9 Å². The first-order valence-electron chi connectivity index (χ1n) is 12.7. The number of carbonyl (C=O) groups excluding carboxylic acids is 2. The highest BCUT2D eigenvalue weighted by Crippen LogP contribution is 2.41. The molecule has 0 saturated heterocycles. The van der Waals surface area contributed by atoms with E-state index >= 15 is 0 Å². The van der Waals surface area contributed by atoms with Gasteiger partial charge in [-0.15, -0.1) is 0 Å². The van der Waals surface area contributed by atoms with Crippen molar-refractivity contribution < 1.29 is 23.8 Å². The Labute approximate surface area is 228 Å². The van der Waals surface area contributed by atoms with E-state index in [0.29, 0.717) is 35.2 Å². The molecular weight excluding hydrogens is 504 g/mol. The minimum absolute atomic E-state index is 0.278. The molecule has 1 atom stereocenters. The molecule has 3 aromatic rings. The first kappa shape index (κ1) is 27.3. The van der Waals surface area contributed by atoms with Crippen molar-refractivity contribution in [1.29, 1.82) is 0 Å². The van der Waals surface area contributed by atoms with Crippen molar-refractivity contribution in [1.82, 2.24) is 5.32 Å². The van der Waals surface area contributed by atoms with E-state index in [1.54, 1.807) is 17.0 Å². The number of rotatable bonds is 8. The van der Waals surface area contributed by atoms with E-state index in [0.717, 1.165) is 11.1 Å². The van der Waals surface area contributed by atoms with Gasteiger partial charge in [0.2, 0.25) is 0 Å². The molecule has 1 aliphatic rings. The van der Waals surface area contributed by atoms with Crippen LogP contribution in [0.1, 0.15) is 45.2 Å². The van der Waals surface area contributed by atoms with Crippen LogP contribution in [-0.2, 0) is 22.5 Å². The number of alkyl carbamates (subject to hydrolysis) is 1. The van der Waals surface area contributed by atoms with E-state index in [-0.39, 0.29) is 18.9 Å². The number of nitrogens with zero attached hydrogens (tertiary/aromatic N) is 1. The van der Waals surface area contributed by atoms with Crippen LogP contribution in [0.5, 0.6) is 11.5 Å². The van der Waals surface area contributed by atoms with Gasteiger partial charge >= 0.3 is 17.8 Å². The van der Waals surface area contributed by atoms with Gasteiger partial charge in [-0.05, 0) is 68.7 Å². The maximum atomic E-state index is 14.0. The number of amides is 2. The summed E-state index contributed by atoms with van der Waals surface area (Å²) < 4.78 is 17.9. The predicted molar refractivity (Wildman–Crippen MR) is 148 cm³/mol. The Bertz CT molecular complexity index is 1310. The second-order valence-electron chi connectivity index (χ2n) is 10.1. The molecule has 7 nitrogen and oxygen atoms in total. The van der Waals surface area contributed by atoms with Gasteiger partial charge in [-0.3, -0.25) is 9.69 Å². The van der Waals surface area contributed by atoms with Gasteiger partial charge in [0.15, 0.2) is 0 Å². The normalized spacial score (nSPS) is 16.9. The molecule has 0 saturated carbocycles. The minimum Gasteiger partial charge on any atom is -0.444 e. The largest absolute Gasteiger partial charge is 0.444 e. The molecule has 38 heavy (non-hydrogen) atoms.